The van der Waals surface area contributed by atoms with Gasteiger partial charge in [0.05, 0.1) is 16.2 Å². The molecule has 0 spiro atoms. The van der Waals surface area contributed by atoms with Crippen LogP contribution in [0.4, 0.5) is 10.1 Å². The fraction of sp³-hybridized carbons (Fsp3) is 0.182. The summed E-state index contributed by atoms with van der Waals surface area (Å²) >= 11 is 1.29. The molecule has 0 saturated heterocycles. The van der Waals surface area contributed by atoms with E-state index in [1.54, 1.807) is 0 Å². The van der Waals surface area contributed by atoms with Gasteiger partial charge in [-0.05, 0) is 18.6 Å². The summed E-state index contributed by atoms with van der Waals surface area (Å²) in [4.78, 5) is 14.5. The lowest BCUT2D eigenvalue weighted by atomic mass is 10.2. The van der Waals surface area contributed by atoms with Crippen LogP contribution in [0.3, 0.4) is 0 Å². The Morgan fingerprint density at radius 3 is 2.88 bits per heavy atom. The molecular weight excluding hydrogens is 243 g/mol. The van der Waals surface area contributed by atoms with E-state index in [0.29, 0.717) is 5.01 Å². The summed E-state index contributed by atoms with van der Waals surface area (Å²) < 4.78 is 13.1. The van der Waals surface area contributed by atoms with Gasteiger partial charge in [-0.2, -0.15) is 0 Å². The maximum Gasteiger partial charge on any atom is 0.279 e. The lowest BCUT2D eigenvalue weighted by Gasteiger charge is -1.99. The first kappa shape index (κ1) is 11.7. The summed E-state index contributed by atoms with van der Waals surface area (Å²) in [5, 5.41) is 13.1. The molecule has 0 fully saturated rings. The Balaban J connectivity index is 2.56. The van der Waals surface area contributed by atoms with Crippen molar-refractivity contribution in [2.45, 2.75) is 13.3 Å². The Morgan fingerprint density at radius 2 is 2.29 bits per heavy atom. The first-order valence-electron chi connectivity index (χ1n) is 5.00. The number of hydrogen-bond donors (Lipinski definition) is 0. The number of nitro benzene ring substituents is 1. The Kier molecular flexibility index (Phi) is 3.14. The molecule has 0 radical (unpaired) electrons. The second-order valence-electron chi connectivity index (χ2n) is 3.42. The van der Waals surface area contributed by atoms with Gasteiger partial charge in [0.1, 0.15) is 10.8 Å². The predicted molar refractivity (Wildman–Crippen MR) is 63.5 cm³/mol. The zero-order valence-corrected chi connectivity index (χ0v) is 9.83. The summed E-state index contributed by atoms with van der Waals surface area (Å²) in [6, 6.07) is 3.39. The number of nitrogens with zero attached hydrogens (tertiary/aromatic N) is 2. The second-order valence-corrected chi connectivity index (χ2v) is 4.27. The van der Waals surface area contributed by atoms with E-state index in [1.807, 2.05) is 12.3 Å². The van der Waals surface area contributed by atoms with Gasteiger partial charge in [0.25, 0.3) is 5.69 Å². The molecule has 17 heavy (non-hydrogen) atoms. The number of halogens is 1. The van der Waals surface area contributed by atoms with Crippen LogP contribution in [0.25, 0.3) is 10.6 Å². The zero-order chi connectivity index (χ0) is 12.4. The number of hydrogen-bond acceptors (Lipinski definition) is 4. The highest BCUT2D eigenvalue weighted by molar-refractivity contribution is 7.13. The molecule has 6 heteroatoms. The van der Waals surface area contributed by atoms with Gasteiger partial charge in [-0.15, -0.1) is 11.3 Å². The quantitative estimate of drug-likeness (QED) is 0.621. The molecule has 4 nitrogen and oxygen atoms in total. The fourth-order valence-corrected chi connectivity index (χ4v) is 2.36. The number of aromatic nitrogens is 1. The molecular formula is C11H9FN2O2S. The van der Waals surface area contributed by atoms with E-state index in [2.05, 4.69) is 4.98 Å². The number of benzene rings is 1. The van der Waals surface area contributed by atoms with E-state index in [0.717, 1.165) is 30.3 Å². The SMILES string of the molecule is CCc1csc(-c2cc(F)ccc2[N+](=O)[O-])n1. The van der Waals surface area contributed by atoms with Crippen molar-refractivity contribution in [1.29, 1.82) is 0 Å². The molecule has 2 rings (SSSR count). The molecule has 1 heterocycles. The minimum absolute atomic E-state index is 0.122. The van der Waals surface area contributed by atoms with E-state index in [4.69, 9.17) is 0 Å². The first-order chi connectivity index (χ1) is 8.11. The van der Waals surface area contributed by atoms with E-state index in [1.165, 1.54) is 11.3 Å². The summed E-state index contributed by atoms with van der Waals surface area (Å²) in [5.41, 5.74) is 0.965. The molecule has 0 bridgehead atoms. The molecule has 1 aromatic heterocycles. The zero-order valence-electron chi connectivity index (χ0n) is 9.01. The van der Waals surface area contributed by atoms with Crippen molar-refractivity contribution < 1.29 is 9.31 Å². The van der Waals surface area contributed by atoms with E-state index in [-0.39, 0.29) is 11.3 Å². The Bertz CT molecular complexity index is 568. The van der Waals surface area contributed by atoms with Crippen molar-refractivity contribution in [3.8, 4) is 10.6 Å². The first-order valence-corrected chi connectivity index (χ1v) is 5.88. The number of thiazole rings is 1. The van der Waals surface area contributed by atoms with Gasteiger partial charge in [0.2, 0.25) is 0 Å². The van der Waals surface area contributed by atoms with Crippen LogP contribution in [0.15, 0.2) is 23.6 Å². The van der Waals surface area contributed by atoms with Crippen molar-refractivity contribution >= 4 is 17.0 Å². The van der Waals surface area contributed by atoms with E-state index >= 15 is 0 Å². The van der Waals surface area contributed by atoms with Crippen LogP contribution in [0.5, 0.6) is 0 Å². The summed E-state index contributed by atoms with van der Waals surface area (Å²) in [5.74, 6) is -0.501. The van der Waals surface area contributed by atoms with Gasteiger partial charge in [-0.3, -0.25) is 10.1 Å². The molecule has 88 valence electrons. The fourth-order valence-electron chi connectivity index (χ4n) is 1.43. The predicted octanol–water partition coefficient (Wildman–Crippen LogP) is 3.42. The topological polar surface area (TPSA) is 56.0 Å². The number of nitro groups is 1. The average Bonchev–Trinajstić information content (AvgIpc) is 2.76. The second kappa shape index (κ2) is 4.58. The average molecular weight is 252 g/mol. The molecule has 0 saturated carbocycles. The molecule has 2 aromatic rings. The summed E-state index contributed by atoms with van der Waals surface area (Å²) in [6.45, 7) is 1.94. The van der Waals surface area contributed by atoms with Gasteiger partial charge in [-0.1, -0.05) is 6.92 Å². The van der Waals surface area contributed by atoms with Crippen molar-refractivity contribution in [1.82, 2.24) is 4.98 Å². The van der Waals surface area contributed by atoms with Gasteiger partial charge < -0.3 is 0 Å². The molecule has 0 N–H and O–H groups in total. The Hall–Kier alpha value is -1.82. The number of rotatable bonds is 3. The molecule has 0 unspecified atom stereocenters. The van der Waals surface area contributed by atoms with Crippen molar-refractivity contribution in [3.05, 3.63) is 45.2 Å². The van der Waals surface area contributed by atoms with Crippen molar-refractivity contribution in [2.24, 2.45) is 0 Å². The van der Waals surface area contributed by atoms with Gasteiger partial charge in [-0.25, -0.2) is 9.37 Å². The maximum absolute atomic E-state index is 13.1. The lowest BCUT2D eigenvalue weighted by Crippen LogP contribution is -1.93. The molecule has 0 aliphatic carbocycles. The minimum Gasteiger partial charge on any atom is -0.258 e. The van der Waals surface area contributed by atoms with Crippen LogP contribution in [0.2, 0.25) is 0 Å². The standard InChI is InChI=1S/C11H9FN2O2S/c1-2-8-6-17-11(13-8)9-5-7(12)3-4-10(9)14(15)16/h3-6H,2H2,1H3. The highest BCUT2D eigenvalue weighted by Crippen LogP contribution is 2.32. The van der Waals surface area contributed by atoms with Crippen LogP contribution in [0.1, 0.15) is 12.6 Å². The van der Waals surface area contributed by atoms with Crippen LogP contribution in [0, 0.1) is 15.9 Å². The largest absolute Gasteiger partial charge is 0.279 e. The Labute approximate surface area is 101 Å². The van der Waals surface area contributed by atoms with Gasteiger partial charge in [0, 0.05) is 11.4 Å². The molecule has 1 aromatic carbocycles. The smallest absolute Gasteiger partial charge is 0.258 e. The minimum atomic E-state index is -0.526. The van der Waals surface area contributed by atoms with Crippen LogP contribution < -0.4 is 0 Å². The highest BCUT2D eigenvalue weighted by atomic mass is 32.1. The van der Waals surface area contributed by atoms with E-state index in [9.17, 15) is 14.5 Å². The highest BCUT2D eigenvalue weighted by Gasteiger charge is 2.18. The van der Waals surface area contributed by atoms with Crippen LogP contribution >= 0.6 is 11.3 Å². The molecule has 0 aliphatic heterocycles. The summed E-state index contributed by atoms with van der Waals surface area (Å²) in [6.07, 6.45) is 0.750. The maximum atomic E-state index is 13.1. The molecule has 0 aliphatic rings. The van der Waals surface area contributed by atoms with Crippen LogP contribution in [-0.4, -0.2) is 9.91 Å². The third kappa shape index (κ3) is 2.31. The molecule has 0 amide bonds. The summed E-state index contributed by atoms with van der Waals surface area (Å²) in [7, 11) is 0. The van der Waals surface area contributed by atoms with Crippen molar-refractivity contribution in [3.63, 3.8) is 0 Å². The van der Waals surface area contributed by atoms with Gasteiger partial charge >= 0.3 is 0 Å². The molecule has 0 atom stereocenters. The third-order valence-corrected chi connectivity index (χ3v) is 3.22. The van der Waals surface area contributed by atoms with E-state index < -0.39 is 10.7 Å². The normalized spacial score (nSPS) is 10.5. The third-order valence-electron chi connectivity index (χ3n) is 2.30. The number of aryl methyl sites for hydroxylation is 1. The van der Waals surface area contributed by atoms with Crippen molar-refractivity contribution in [2.75, 3.05) is 0 Å². The monoisotopic (exact) mass is 252 g/mol. The Morgan fingerprint density at radius 1 is 1.53 bits per heavy atom. The van der Waals surface area contributed by atoms with Crippen LogP contribution in [-0.2, 0) is 6.42 Å². The van der Waals surface area contributed by atoms with Gasteiger partial charge in [0.15, 0.2) is 0 Å². The lowest BCUT2D eigenvalue weighted by molar-refractivity contribution is -0.384.